The Bertz CT molecular complexity index is 662. The summed E-state index contributed by atoms with van der Waals surface area (Å²) < 4.78 is 0. The van der Waals surface area contributed by atoms with Crippen LogP contribution in [0.1, 0.15) is 30.6 Å². The third-order valence-corrected chi connectivity index (χ3v) is 3.33. The number of carbonyl (C=O) groups excluding carboxylic acids is 1. The average molecular weight is 286 g/mol. The van der Waals surface area contributed by atoms with Gasteiger partial charge in [0.1, 0.15) is 0 Å². The Hall–Kier alpha value is -2.43. The van der Waals surface area contributed by atoms with Crippen LogP contribution in [-0.4, -0.2) is 39.5 Å². The molecule has 2 aromatic rings. The minimum atomic E-state index is -0.909. The number of aromatic nitrogens is 1. The molecule has 0 fully saturated rings. The van der Waals surface area contributed by atoms with Crippen LogP contribution in [0, 0.1) is 0 Å². The third-order valence-electron chi connectivity index (χ3n) is 3.33. The molecule has 1 amide bonds. The second-order valence-corrected chi connectivity index (χ2v) is 5.11. The number of hydrogen-bond donors (Lipinski definition) is 1. The minimum absolute atomic E-state index is 0.0626. The molecular formula is C16H18N2O3. The number of hydrogen-bond acceptors (Lipinski definition) is 3. The zero-order chi connectivity index (χ0) is 15.4. The Morgan fingerprint density at radius 2 is 2.00 bits per heavy atom. The molecule has 0 spiro atoms. The van der Waals surface area contributed by atoms with Gasteiger partial charge in [-0.05, 0) is 32.0 Å². The first-order chi connectivity index (χ1) is 10.0. The van der Waals surface area contributed by atoms with Crippen LogP contribution < -0.4 is 0 Å². The molecule has 5 nitrogen and oxygen atoms in total. The topological polar surface area (TPSA) is 70.5 Å². The normalized spacial score (nSPS) is 10.8. The first kappa shape index (κ1) is 15.0. The maximum Gasteiger partial charge on any atom is 0.305 e. The van der Waals surface area contributed by atoms with Crippen molar-refractivity contribution in [2.24, 2.45) is 0 Å². The molecule has 0 saturated heterocycles. The van der Waals surface area contributed by atoms with Gasteiger partial charge in [0, 0.05) is 29.7 Å². The molecule has 0 atom stereocenters. The molecule has 5 heteroatoms. The summed E-state index contributed by atoms with van der Waals surface area (Å²) >= 11 is 0. The van der Waals surface area contributed by atoms with E-state index in [2.05, 4.69) is 4.98 Å². The molecule has 0 aliphatic carbocycles. The first-order valence-electron chi connectivity index (χ1n) is 6.87. The fraction of sp³-hybridized carbons (Fsp3) is 0.312. The van der Waals surface area contributed by atoms with E-state index in [0.717, 1.165) is 10.9 Å². The molecule has 1 aromatic carbocycles. The Kier molecular flexibility index (Phi) is 4.52. The third kappa shape index (κ3) is 3.37. The van der Waals surface area contributed by atoms with E-state index in [0.29, 0.717) is 5.56 Å². The van der Waals surface area contributed by atoms with Crippen molar-refractivity contribution in [3.63, 3.8) is 0 Å². The molecule has 1 heterocycles. The molecule has 2 rings (SSSR count). The highest BCUT2D eigenvalue weighted by atomic mass is 16.4. The van der Waals surface area contributed by atoms with Gasteiger partial charge in [0.05, 0.1) is 11.9 Å². The Balaban J connectivity index is 2.37. The second kappa shape index (κ2) is 6.35. The number of amides is 1. The summed E-state index contributed by atoms with van der Waals surface area (Å²) in [6, 6.07) is 8.97. The molecule has 1 aromatic heterocycles. The number of benzene rings is 1. The second-order valence-electron chi connectivity index (χ2n) is 5.11. The standard InChI is InChI=1S/C16H18N2O3/c1-11(2)18(10-8-15(19)20)16(21)13-5-3-7-14-12(13)6-4-9-17-14/h3-7,9,11H,8,10H2,1-2H3,(H,19,20). The summed E-state index contributed by atoms with van der Waals surface area (Å²) in [6.45, 7) is 3.95. The smallest absolute Gasteiger partial charge is 0.305 e. The first-order valence-corrected chi connectivity index (χ1v) is 6.87. The molecule has 21 heavy (non-hydrogen) atoms. The van der Waals surface area contributed by atoms with E-state index in [1.165, 1.54) is 0 Å². The lowest BCUT2D eigenvalue weighted by atomic mass is 10.1. The highest BCUT2D eigenvalue weighted by Gasteiger charge is 2.21. The monoisotopic (exact) mass is 286 g/mol. The van der Waals surface area contributed by atoms with E-state index in [4.69, 9.17) is 5.11 Å². The summed E-state index contributed by atoms with van der Waals surface area (Å²) in [4.78, 5) is 29.3. The molecule has 0 saturated carbocycles. The van der Waals surface area contributed by atoms with Gasteiger partial charge in [0.25, 0.3) is 5.91 Å². The van der Waals surface area contributed by atoms with Gasteiger partial charge in [-0.1, -0.05) is 12.1 Å². The predicted molar refractivity (Wildman–Crippen MR) is 80.2 cm³/mol. The number of fused-ring (bicyclic) bond motifs is 1. The summed E-state index contributed by atoms with van der Waals surface area (Å²) in [5.74, 6) is -1.07. The molecular weight excluding hydrogens is 268 g/mol. The van der Waals surface area contributed by atoms with Crippen LogP contribution in [0.3, 0.4) is 0 Å². The zero-order valence-corrected chi connectivity index (χ0v) is 12.1. The zero-order valence-electron chi connectivity index (χ0n) is 12.1. The van der Waals surface area contributed by atoms with Crippen LogP contribution in [0.25, 0.3) is 10.9 Å². The van der Waals surface area contributed by atoms with E-state index in [9.17, 15) is 9.59 Å². The largest absolute Gasteiger partial charge is 0.481 e. The highest BCUT2D eigenvalue weighted by molar-refractivity contribution is 6.06. The Morgan fingerprint density at radius 3 is 2.67 bits per heavy atom. The SMILES string of the molecule is CC(C)N(CCC(=O)O)C(=O)c1cccc2ncccc12. The molecule has 0 aliphatic rings. The number of aliphatic carboxylic acids is 1. The van der Waals surface area contributed by atoms with Crippen molar-refractivity contribution in [1.29, 1.82) is 0 Å². The maximum absolute atomic E-state index is 12.7. The quantitative estimate of drug-likeness (QED) is 0.917. The van der Waals surface area contributed by atoms with E-state index in [1.54, 1.807) is 29.3 Å². The molecule has 0 radical (unpaired) electrons. The fourth-order valence-corrected chi connectivity index (χ4v) is 2.25. The number of carboxylic acids is 1. The predicted octanol–water partition coefficient (Wildman–Crippen LogP) is 2.56. The summed E-state index contributed by atoms with van der Waals surface area (Å²) in [6.07, 6.45) is 1.62. The van der Waals surface area contributed by atoms with Crippen LogP contribution in [0.4, 0.5) is 0 Å². The summed E-state index contributed by atoms with van der Waals surface area (Å²) in [7, 11) is 0. The van der Waals surface area contributed by atoms with Crippen molar-refractivity contribution in [2.45, 2.75) is 26.3 Å². The van der Waals surface area contributed by atoms with Crippen LogP contribution in [0.15, 0.2) is 36.5 Å². The molecule has 1 N–H and O–H groups in total. The summed E-state index contributed by atoms with van der Waals surface area (Å²) in [5.41, 5.74) is 1.31. The van der Waals surface area contributed by atoms with Gasteiger partial charge < -0.3 is 10.0 Å². The number of rotatable bonds is 5. The lowest BCUT2D eigenvalue weighted by molar-refractivity contribution is -0.137. The van der Waals surface area contributed by atoms with Gasteiger partial charge in [-0.3, -0.25) is 14.6 Å². The van der Waals surface area contributed by atoms with E-state index in [-0.39, 0.29) is 24.9 Å². The Labute approximate surface area is 123 Å². The number of carboxylic acid groups (broad SMARTS) is 1. The van der Waals surface area contributed by atoms with Crippen LogP contribution in [0.2, 0.25) is 0 Å². The fourth-order valence-electron chi connectivity index (χ4n) is 2.25. The van der Waals surface area contributed by atoms with Crippen molar-refractivity contribution >= 4 is 22.8 Å². The van der Waals surface area contributed by atoms with Gasteiger partial charge in [-0.2, -0.15) is 0 Å². The molecule has 0 unspecified atom stereocenters. The lowest BCUT2D eigenvalue weighted by Crippen LogP contribution is -2.38. The van der Waals surface area contributed by atoms with Crippen molar-refractivity contribution in [3.8, 4) is 0 Å². The molecule has 0 aliphatic heterocycles. The summed E-state index contributed by atoms with van der Waals surface area (Å²) in [5, 5.41) is 9.60. The molecule has 110 valence electrons. The van der Waals surface area contributed by atoms with E-state index < -0.39 is 5.97 Å². The van der Waals surface area contributed by atoms with Gasteiger partial charge in [-0.25, -0.2) is 0 Å². The molecule has 0 bridgehead atoms. The van der Waals surface area contributed by atoms with E-state index >= 15 is 0 Å². The van der Waals surface area contributed by atoms with Crippen LogP contribution >= 0.6 is 0 Å². The van der Waals surface area contributed by atoms with Gasteiger partial charge in [-0.15, -0.1) is 0 Å². The van der Waals surface area contributed by atoms with Crippen LogP contribution in [0.5, 0.6) is 0 Å². The lowest BCUT2D eigenvalue weighted by Gasteiger charge is -2.26. The number of pyridine rings is 1. The average Bonchev–Trinajstić information content (AvgIpc) is 2.46. The maximum atomic E-state index is 12.7. The van der Waals surface area contributed by atoms with Gasteiger partial charge >= 0.3 is 5.97 Å². The van der Waals surface area contributed by atoms with Gasteiger partial charge in [0.2, 0.25) is 0 Å². The number of nitrogens with zero attached hydrogens (tertiary/aromatic N) is 2. The van der Waals surface area contributed by atoms with Crippen molar-refractivity contribution < 1.29 is 14.7 Å². The van der Waals surface area contributed by atoms with Crippen molar-refractivity contribution in [3.05, 3.63) is 42.1 Å². The van der Waals surface area contributed by atoms with E-state index in [1.807, 2.05) is 26.0 Å². The Morgan fingerprint density at radius 1 is 1.24 bits per heavy atom. The highest BCUT2D eigenvalue weighted by Crippen LogP contribution is 2.19. The van der Waals surface area contributed by atoms with Crippen molar-refractivity contribution in [2.75, 3.05) is 6.54 Å². The number of carbonyl (C=O) groups is 2. The van der Waals surface area contributed by atoms with Crippen molar-refractivity contribution in [1.82, 2.24) is 9.88 Å². The minimum Gasteiger partial charge on any atom is -0.481 e. The van der Waals surface area contributed by atoms with Gasteiger partial charge in [0.15, 0.2) is 0 Å². The van der Waals surface area contributed by atoms with Crippen LogP contribution in [-0.2, 0) is 4.79 Å².